The molecule has 0 saturated carbocycles. The number of urea groups is 1. The number of hydrogen-bond acceptors (Lipinski definition) is 2. The molecule has 7 heteroatoms. The second kappa shape index (κ2) is 6.86. The zero-order chi connectivity index (χ0) is 18.0. The molecule has 3 rings (SSSR count). The molecule has 0 fully saturated rings. The second-order valence-electron chi connectivity index (χ2n) is 5.61. The number of halogens is 1. The summed E-state index contributed by atoms with van der Waals surface area (Å²) in [6, 6.07) is 14.0. The van der Waals surface area contributed by atoms with E-state index in [1.165, 1.54) is 0 Å². The SMILES string of the molecule is Cn1c(C(=O)NCc2ccc(NC(N)=O)cc2)c(Cl)c2ccccc21. The lowest BCUT2D eigenvalue weighted by Crippen LogP contribution is -2.25. The fraction of sp³-hybridized carbons (Fsp3) is 0.111. The topological polar surface area (TPSA) is 89.2 Å². The van der Waals surface area contributed by atoms with Gasteiger partial charge in [-0.05, 0) is 23.8 Å². The number of nitrogens with one attached hydrogen (secondary N) is 2. The summed E-state index contributed by atoms with van der Waals surface area (Å²) >= 11 is 6.37. The Labute approximate surface area is 149 Å². The van der Waals surface area contributed by atoms with Crippen molar-refractivity contribution in [1.82, 2.24) is 9.88 Å². The van der Waals surface area contributed by atoms with Gasteiger partial charge in [-0.1, -0.05) is 41.9 Å². The van der Waals surface area contributed by atoms with Crippen LogP contribution in [0.2, 0.25) is 5.02 Å². The smallest absolute Gasteiger partial charge is 0.316 e. The van der Waals surface area contributed by atoms with Crippen molar-refractivity contribution in [3.63, 3.8) is 0 Å². The third-order valence-corrected chi connectivity index (χ3v) is 4.32. The molecule has 0 saturated heterocycles. The maximum absolute atomic E-state index is 12.6. The van der Waals surface area contributed by atoms with Gasteiger partial charge in [-0.3, -0.25) is 4.79 Å². The first kappa shape index (κ1) is 16.9. The number of hydrogen-bond donors (Lipinski definition) is 3. The van der Waals surface area contributed by atoms with Gasteiger partial charge in [-0.15, -0.1) is 0 Å². The zero-order valence-electron chi connectivity index (χ0n) is 13.5. The maximum Gasteiger partial charge on any atom is 0.316 e. The molecule has 6 nitrogen and oxygen atoms in total. The number of benzene rings is 2. The summed E-state index contributed by atoms with van der Waals surface area (Å²) < 4.78 is 1.78. The first-order valence-corrected chi connectivity index (χ1v) is 8.01. The van der Waals surface area contributed by atoms with E-state index in [2.05, 4.69) is 10.6 Å². The van der Waals surface area contributed by atoms with Crippen LogP contribution in [0.15, 0.2) is 48.5 Å². The largest absolute Gasteiger partial charge is 0.351 e. The first-order chi connectivity index (χ1) is 12.0. The molecule has 0 aliphatic rings. The van der Waals surface area contributed by atoms with Crippen LogP contribution in [0.3, 0.4) is 0 Å². The minimum Gasteiger partial charge on any atom is -0.351 e. The van der Waals surface area contributed by atoms with Crippen LogP contribution in [0.1, 0.15) is 16.1 Å². The standard InChI is InChI=1S/C18H17ClN4O2/c1-23-14-5-3-2-4-13(14)15(19)16(23)17(24)21-10-11-6-8-12(9-7-11)22-18(20)25/h2-9H,10H2,1H3,(H,21,24)(H3,20,22,25). The Bertz CT molecular complexity index is 909. The van der Waals surface area contributed by atoms with Gasteiger partial charge < -0.3 is 20.9 Å². The van der Waals surface area contributed by atoms with Crippen molar-refractivity contribution < 1.29 is 9.59 Å². The number of aromatic nitrogens is 1. The van der Waals surface area contributed by atoms with E-state index in [9.17, 15) is 9.59 Å². The normalized spacial score (nSPS) is 10.6. The quantitative estimate of drug-likeness (QED) is 0.669. The highest BCUT2D eigenvalue weighted by Crippen LogP contribution is 2.29. The highest BCUT2D eigenvalue weighted by molar-refractivity contribution is 6.38. The Morgan fingerprint density at radius 3 is 2.44 bits per heavy atom. The van der Waals surface area contributed by atoms with Crippen molar-refractivity contribution in [3.05, 3.63) is 64.8 Å². The van der Waals surface area contributed by atoms with E-state index in [0.29, 0.717) is 22.9 Å². The van der Waals surface area contributed by atoms with Gasteiger partial charge in [0.05, 0.1) is 5.02 Å². The van der Waals surface area contributed by atoms with Crippen LogP contribution in [0.5, 0.6) is 0 Å². The molecule has 0 bridgehead atoms. The molecule has 1 aromatic heterocycles. The van der Waals surface area contributed by atoms with Gasteiger partial charge in [0.2, 0.25) is 0 Å². The lowest BCUT2D eigenvalue weighted by atomic mass is 10.2. The van der Waals surface area contributed by atoms with Gasteiger partial charge in [0.1, 0.15) is 5.69 Å². The molecule has 3 amide bonds. The summed E-state index contributed by atoms with van der Waals surface area (Å²) in [5, 5.41) is 6.63. The lowest BCUT2D eigenvalue weighted by molar-refractivity contribution is 0.0943. The number of para-hydroxylation sites is 1. The molecular formula is C18H17ClN4O2. The van der Waals surface area contributed by atoms with Crippen molar-refractivity contribution in [2.24, 2.45) is 12.8 Å². The van der Waals surface area contributed by atoms with Crippen LogP contribution in [0.25, 0.3) is 10.9 Å². The van der Waals surface area contributed by atoms with E-state index in [-0.39, 0.29) is 5.91 Å². The maximum atomic E-state index is 12.6. The number of fused-ring (bicyclic) bond motifs is 1. The zero-order valence-corrected chi connectivity index (χ0v) is 14.3. The number of anilines is 1. The van der Waals surface area contributed by atoms with Gasteiger partial charge in [0.15, 0.2) is 0 Å². The van der Waals surface area contributed by atoms with Crippen LogP contribution < -0.4 is 16.4 Å². The van der Waals surface area contributed by atoms with Crippen LogP contribution in [-0.4, -0.2) is 16.5 Å². The van der Waals surface area contributed by atoms with E-state index in [1.807, 2.05) is 31.3 Å². The van der Waals surface area contributed by atoms with Crippen molar-refractivity contribution in [2.45, 2.75) is 6.54 Å². The molecule has 0 aliphatic heterocycles. The molecule has 3 aromatic rings. The molecule has 0 radical (unpaired) electrons. The predicted octanol–water partition coefficient (Wildman–Crippen LogP) is 3.25. The molecule has 0 atom stereocenters. The summed E-state index contributed by atoms with van der Waals surface area (Å²) in [5.74, 6) is -0.247. The molecule has 1 heterocycles. The third-order valence-electron chi connectivity index (χ3n) is 3.93. The highest BCUT2D eigenvalue weighted by atomic mass is 35.5. The van der Waals surface area contributed by atoms with Crippen molar-refractivity contribution >= 4 is 40.1 Å². The van der Waals surface area contributed by atoms with Gasteiger partial charge in [-0.2, -0.15) is 0 Å². The average Bonchev–Trinajstić information content (AvgIpc) is 2.85. The molecule has 0 spiro atoms. The predicted molar refractivity (Wildman–Crippen MR) is 98.7 cm³/mol. The summed E-state index contributed by atoms with van der Waals surface area (Å²) in [4.78, 5) is 23.4. The van der Waals surface area contributed by atoms with Gasteiger partial charge in [0.25, 0.3) is 5.91 Å². The molecule has 25 heavy (non-hydrogen) atoms. The monoisotopic (exact) mass is 356 g/mol. The fourth-order valence-corrected chi connectivity index (χ4v) is 3.09. The van der Waals surface area contributed by atoms with Crippen molar-refractivity contribution in [2.75, 3.05) is 5.32 Å². The van der Waals surface area contributed by atoms with E-state index in [0.717, 1.165) is 16.5 Å². The average molecular weight is 357 g/mol. The number of nitrogens with two attached hydrogens (primary N) is 1. The number of carbonyl (C=O) groups excluding carboxylic acids is 2. The third kappa shape index (κ3) is 3.44. The Morgan fingerprint density at radius 2 is 1.80 bits per heavy atom. The summed E-state index contributed by atoms with van der Waals surface area (Å²) in [6.45, 7) is 0.341. The van der Waals surface area contributed by atoms with E-state index in [1.54, 1.807) is 28.8 Å². The molecule has 0 unspecified atom stereocenters. The van der Waals surface area contributed by atoms with Crippen LogP contribution in [0, 0.1) is 0 Å². The minimum atomic E-state index is -0.619. The van der Waals surface area contributed by atoms with Crippen LogP contribution in [-0.2, 0) is 13.6 Å². The first-order valence-electron chi connectivity index (χ1n) is 7.64. The lowest BCUT2D eigenvalue weighted by Gasteiger charge is -2.08. The number of primary amides is 1. The molecule has 4 N–H and O–H groups in total. The fourth-order valence-electron chi connectivity index (χ4n) is 2.71. The van der Waals surface area contributed by atoms with Crippen molar-refractivity contribution in [1.29, 1.82) is 0 Å². The molecule has 2 aromatic carbocycles. The van der Waals surface area contributed by atoms with E-state index in [4.69, 9.17) is 17.3 Å². The number of aryl methyl sites for hydroxylation is 1. The Hall–Kier alpha value is -2.99. The Kier molecular flexibility index (Phi) is 4.63. The summed E-state index contributed by atoms with van der Waals surface area (Å²) in [6.07, 6.45) is 0. The van der Waals surface area contributed by atoms with Gasteiger partial charge >= 0.3 is 6.03 Å². The molecule has 128 valence electrons. The Balaban J connectivity index is 1.74. The van der Waals surface area contributed by atoms with Crippen LogP contribution in [0.4, 0.5) is 10.5 Å². The number of nitrogens with zero attached hydrogens (tertiary/aromatic N) is 1. The number of rotatable bonds is 4. The number of carbonyl (C=O) groups is 2. The summed E-state index contributed by atoms with van der Waals surface area (Å²) in [5.41, 5.74) is 7.88. The summed E-state index contributed by atoms with van der Waals surface area (Å²) in [7, 11) is 1.81. The van der Waals surface area contributed by atoms with Gasteiger partial charge in [0, 0.05) is 30.2 Å². The Morgan fingerprint density at radius 1 is 1.12 bits per heavy atom. The van der Waals surface area contributed by atoms with E-state index >= 15 is 0 Å². The highest BCUT2D eigenvalue weighted by Gasteiger charge is 2.19. The molecule has 0 aliphatic carbocycles. The van der Waals surface area contributed by atoms with Crippen molar-refractivity contribution in [3.8, 4) is 0 Å². The van der Waals surface area contributed by atoms with Gasteiger partial charge in [-0.25, -0.2) is 4.79 Å². The number of amides is 3. The van der Waals surface area contributed by atoms with E-state index < -0.39 is 6.03 Å². The molecular weight excluding hydrogens is 340 g/mol. The minimum absolute atomic E-state index is 0.247. The second-order valence-corrected chi connectivity index (χ2v) is 5.99. The van der Waals surface area contributed by atoms with Crippen LogP contribution >= 0.6 is 11.6 Å².